The van der Waals surface area contributed by atoms with Gasteiger partial charge in [-0.25, -0.2) is 0 Å². The number of aromatic nitrogens is 1. The second-order valence-corrected chi connectivity index (χ2v) is 4.90. The minimum absolute atomic E-state index is 0.0277. The first-order chi connectivity index (χ1) is 8.66. The smallest absolute Gasteiger partial charge is 0.323 e. The summed E-state index contributed by atoms with van der Waals surface area (Å²) in [7, 11) is 0. The number of hydrogen-bond acceptors (Lipinski definition) is 5. The molecular formula is C12H17N3O4. The zero-order valence-electron chi connectivity index (χ0n) is 11.4. The third-order valence-electron chi connectivity index (χ3n) is 2.99. The molecule has 104 valence electrons. The van der Waals surface area contributed by atoms with Crippen LogP contribution in [0.2, 0.25) is 0 Å². The normalized spacial score (nSPS) is 11.4. The molecule has 1 heterocycles. The molecule has 0 saturated carbocycles. The molecule has 0 aliphatic carbocycles. The molecule has 19 heavy (non-hydrogen) atoms. The molecular weight excluding hydrogens is 250 g/mol. The van der Waals surface area contributed by atoms with Crippen LogP contribution in [0, 0.1) is 24.0 Å². The van der Waals surface area contributed by atoms with Crippen LogP contribution in [0.15, 0.2) is 6.20 Å². The van der Waals surface area contributed by atoms with E-state index in [1.54, 1.807) is 13.8 Å². The summed E-state index contributed by atoms with van der Waals surface area (Å²) < 4.78 is 0. The molecule has 0 amide bonds. The Morgan fingerprint density at radius 2 is 2.11 bits per heavy atom. The van der Waals surface area contributed by atoms with E-state index in [9.17, 15) is 14.9 Å². The number of carboxylic acid groups (broad SMARTS) is 1. The van der Waals surface area contributed by atoms with Crippen LogP contribution in [0.4, 0.5) is 5.69 Å². The van der Waals surface area contributed by atoms with Gasteiger partial charge in [0, 0.05) is 23.9 Å². The number of aryl methyl sites for hydroxylation is 1. The van der Waals surface area contributed by atoms with Gasteiger partial charge in [0.15, 0.2) is 0 Å². The van der Waals surface area contributed by atoms with Crippen molar-refractivity contribution in [2.45, 2.75) is 39.8 Å². The summed E-state index contributed by atoms with van der Waals surface area (Å²) >= 11 is 0. The first-order valence-corrected chi connectivity index (χ1v) is 5.74. The number of hydrogen-bond donors (Lipinski definition) is 2. The summed E-state index contributed by atoms with van der Waals surface area (Å²) in [4.78, 5) is 25.6. The van der Waals surface area contributed by atoms with Gasteiger partial charge in [0.1, 0.15) is 5.54 Å². The third kappa shape index (κ3) is 3.25. The molecule has 7 nitrogen and oxygen atoms in total. The van der Waals surface area contributed by atoms with Crippen LogP contribution < -0.4 is 5.32 Å². The van der Waals surface area contributed by atoms with Gasteiger partial charge >= 0.3 is 5.97 Å². The van der Waals surface area contributed by atoms with Crippen LogP contribution >= 0.6 is 0 Å². The summed E-state index contributed by atoms with van der Waals surface area (Å²) in [6.07, 6.45) is 1.43. The lowest BCUT2D eigenvalue weighted by Crippen LogP contribution is -2.46. The third-order valence-corrected chi connectivity index (χ3v) is 2.99. The van der Waals surface area contributed by atoms with Gasteiger partial charge in [-0.1, -0.05) is 0 Å². The molecule has 0 atom stereocenters. The van der Waals surface area contributed by atoms with E-state index in [-0.39, 0.29) is 12.2 Å². The molecule has 0 radical (unpaired) electrons. The van der Waals surface area contributed by atoms with Crippen molar-refractivity contribution in [1.82, 2.24) is 10.3 Å². The molecule has 0 aliphatic heterocycles. The fourth-order valence-electron chi connectivity index (χ4n) is 1.60. The molecule has 2 N–H and O–H groups in total. The molecule has 1 rings (SSSR count). The van der Waals surface area contributed by atoms with Crippen molar-refractivity contribution in [2.24, 2.45) is 0 Å². The Hall–Kier alpha value is -2.02. The van der Waals surface area contributed by atoms with Crippen molar-refractivity contribution in [3.8, 4) is 0 Å². The lowest BCUT2D eigenvalue weighted by atomic mass is 10.0. The molecule has 0 bridgehead atoms. The molecule has 0 aromatic carbocycles. The highest BCUT2D eigenvalue weighted by Gasteiger charge is 2.27. The van der Waals surface area contributed by atoms with E-state index in [2.05, 4.69) is 10.3 Å². The van der Waals surface area contributed by atoms with Crippen LogP contribution in [-0.4, -0.2) is 26.5 Å². The van der Waals surface area contributed by atoms with Gasteiger partial charge in [-0.15, -0.1) is 0 Å². The summed E-state index contributed by atoms with van der Waals surface area (Å²) in [6.45, 7) is 6.44. The van der Waals surface area contributed by atoms with Crippen LogP contribution in [-0.2, 0) is 11.3 Å². The summed E-state index contributed by atoms with van der Waals surface area (Å²) in [6, 6.07) is 0. The lowest BCUT2D eigenvalue weighted by molar-refractivity contribution is -0.386. The predicted octanol–water partition coefficient (Wildman–Crippen LogP) is 1.56. The van der Waals surface area contributed by atoms with Gasteiger partial charge < -0.3 is 5.11 Å². The van der Waals surface area contributed by atoms with Crippen LogP contribution in [0.5, 0.6) is 0 Å². The Balaban J connectivity index is 3.01. The number of pyridine rings is 1. The maximum Gasteiger partial charge on any atom is 0.323 e. The zero-order valence-corrected chi connectivity index (χ0v) is 11.4. The van der Waals surface area contributed by atoms with Gasteiger partial charge in [-0.2, -0.15) is 0 Å². The topological polar surface area (TPSA) is 105 Å². The van der Waals surface area contributed by atoms with Crippen molar-refractivity contribution < 1.29 is 14.8 Å². The Labute approximate surface area is 110 Å². The molecule has 0 fully saturated rings. The lowest BCUT2D eigenvalue weighted by Gasteiger charge is -2.21. The van der Waals surface area contributed by atoms with Crippen molar-refractivity contribution >= 4 is 11.7 Å². The Kier molecular flexibility index (Phi) is 4.21. The second kappa shape index (κ2) is 5.31. The summed E-state index contributed by atoms with van der Waals surface area (Å²) in [5.74, 6) is -0.994. The quantitative estimate of drug-likeness (QED) is 0.619. The molecule has 0 spiro atoms. The molecule has 7 heteroatoms. The predicted molar refractivity (Wildman–Crippen MR) is 68.9 cm³/mol. The minimum Gasteiger partial charge on any atom is -0.480 e. The zero-order chi connectivity index (χ0) is 14.8. The fourth-order valence-corrected chi connectivity index (χ4v) is 1.60. The Morgan fingerprint density at radius 1 is 1.53 bits per heavy atom. The molecule has 1 aromatic heterocycles. The summed E-state index contributed by atoms with van der Waals surface area (Å²) in [5.41, 5.74) is 0.335. The summed E-state index contributed by atoms with van der Waals surface area (Å²) in [5, 5.41) is 22.8. The number of carboxylic acids is 1. The highest BCUT2D eigenvalue weighted by atomic mass is 16.6. The minimum atomic E-state index is -1.12. The number of rotatable bonds is 5. The average Bonchev–Trinajstić information content (AvgIpc) is 2.27. The fraction of sp³-hybridized carbons (Fsp3) is 0.500. The Bertz CT molecular complexity index is 526. The van der Waals surface area contributed by atoms with E-state index in [0.29, 0.717) is 16.8 Å². The van der Waals surface area contributed by atoms with Crippen molar-refractivity contribution in [3.63, 3.8) is 0 Å². The number of carbonyl (C=O) groups is 1. The van der Waals surface area contributed by atoms with Crippen molar-refractivity contribution in [3.05, 3.63) is 33.1 Å². The Morgan fingerprint density at radius 3 is 2.58 bits per heavy atom. The molecule has 0 aliphatic rings. The van der Waals surface area contributed by atoms with Gasteiger partial charge in [-0.05, 0) is 27.7 Å². The molecule has 0 saturated heterocycles. The largest absolute Gasteiger partial charge is 0.480 e. The number of aliphatic carboxylic acids is 1. The average molecular weight is 267 g/mol. The van der Waals surface area contributed by atoms with Crippen LogP contribution in [0.1, 0.15) is 30.7 Å². The van der Waals surface area contributed by atoms with Gasteiger partial charge in [0.05, 0.1) is 10.6 Å². The maximum absolute atomic E-state index is 11.0. The SMILES string of the molecule is Cc1cnc(CNC(C)(C)C(=O)O)c(C)c1[N+](=O)[O-]. The second-order valence-electron chi connectivity index (χ2n) is 4.90. The monoisotopic (exact) mass is 267 g/mol. The van der Waals surface area contributed by atoms with E-state index >= 15 is 0 Å². The first kappa shape index (κ1) is 15.0. The highest BCUT2D eigenvalue weighted by Crippen LogP contribution is 2.24. The van der Waals surface area contributed by atoms with Crippen molar-refractivity contribution in [1.29, 1.82) is 0 Å². The maximum atomic E-state index is 11.0. The number of nitro groups is 1. The van der Waals surface area contributed by atoms with Crippen LogP contribution in [0.25, 0.3) is 0 Å². The van der Waals surface area contributed by atoms with Gasteiger partial charge in [-0.3, -0.25) is 25.2 Å². The van der Waals surface area contributed by atoms with Crippen molar-refractivity contribution in [2.75, 3.05) is 0 Å². The van der Waals surface area contributed by atoms with E-state index in [1.165, 1.54) is 20.0 Å². The van der Waals surface area contributed by atoms with Crippen LogP contribution in [0.3, 0.4) is 0 Å². The molecule has 1 aromatic rings. The van der Waals surface area contributed by atoms with Gasteiger partial charge in [0.25, 0.3) is 5.69 Å². The van der Waals surface area contributed by atoms with Gasteiger partial charge in [0.2, 0.25) is 0 Å². The standard InChI is InChI=1S/C12H17N3O4/c1-7-5-13-9(8(2)10(7)15(18)19)6-14-12(3,4)11(16)17/h5,14H,6H2,1-4H3,(H,16,17). The van der Waals surface area contributed by atoms with E-state index in [0.717, 1.165) is 0 Å². The highest BCUT2D eigenvalue weighted by molar-refractivity contribution is 5.77. The van der Waals surface area contributed by atoms with E-state index in [4.69, 9.17) is 5.11 Å². The van der Waals surface area contributed by atoms with E-state index < -0.39 is 16.4 Å². The number of nitrogens with one attached hydrogen (secondary N) is 1. The number of nitrogens with zero attached hydrogens (tertiary/aromatic N) is 2. The first-order valence-electron chi connectivity index (χ1n) is 5.74. The molecule has 0 unspecified atom stereocenters. The van der Waals surface area contributed by atoms with E-state index in [1.807, 2.05) is 0 Å².